The number of nitrogens with one attached hydrogen (secondary N) is 3. The van der Waals surface area contributed by atoms with Gasteiger partial charge in [0.25, 0.3) is 0 Å². The summed E-state index contributed by atoms with van der Waals surface area (Å²) in [5.41, 5.74) is 2.20. The highest BCUT2D eigenvalue weighted by Crippen LogP contribution is 2.46. The van der Waals surface area contributed by atoms with Gasteiger partial charge in [-0.3, -0.25) is 9.67 Å². The average Bonchev–Trinajstić information content (AvgIpc) is 3.38. The highest BCUT2D eigenvalue weighted by molar-refractivity contribution is 5.90. The van der Waals surface area contributed by atoms with E-state index in [4.69, 9.17) is 10.1 Å². The van der Waals surface area contributed by atoms with Crippen molar-refractivity contribution in [2.75, 3.05) is 6.61 Å². The smallest absolute Gasteiger partial charge is 0.218 e. The normalized spacial score (nSPS) is 22.1. The minimum atomic E-state index is 0.461. The van der Waals surface area contributed by atoms with Crippen LogP contribution < -0.4 is 10.6 Å². The van der Waals surface area contributed by atoms with E-state index >= 15 is 0 Å². The number of aliphatic imine (C=N–C) groups is 1. The standard InChI is InChI=1S/C20H23N7O/c1-27-12-14(11-24-27)10-23-19-9-20(26-18(25-19)5-6-21)28-13-15-8-16(15)17-4-2-3-7-22-17/h2-7,9,11-12,15-16,21,23,25H,8,10,13H2,1H3/b18-5+,21-6?/t15-,16+/m1/s1. The Kier molecular flexibility index (Phi) is 5.18. The van der Waals surface area contributed by atoms with Gasteiger partial charge in [0.15, 0.2) is 0 Å². The molecule has 0 unspecified atom stereocenters. The number of hydrogen-bond donors (Lipinski definition) is 3. The summed E-state index contributed by atoms with van der Waals surface area (Å²) in [5, 5.41) is 17.9. The second-order valence-electron chi connectivity index (χ2n) is 6.90. The second-order valence-corrected chi connectivity index (χ2v) is 6.90. The maximum absolute atomic E-state index is 7.30. The van der Waals surface area contributed by atoms with Crippen LogP contribution in [0.15, 0.2) is 65.6 Å². The van der Waals surface area contributed by atoms with Crippen LogP contribution in [0, 0.1) is 11.3 Å². The first kappa shape index (κ1) is 18.0. The first-order chi connectivity index (χ1) is 13.7. The molecule has 2 aromatic heterocycles. The van der Waals surface area contributed by atoms with Gasteiger partial charge in [0.1, 0.15) is 11.6 Å². The van der Waals surface area contributed by atoms with Gasteiger partial charge in [-0.1, -0.05) is 6.07 Å². The van der Waals surface area contributed by atoms with Gasteiger partial charge in [-0.2, -0.15) is 10.1 Å². The monoisotopic (exact) mass is 377 g/mol. The quantitative estimate of drug-likeness (QED) is 0.641. The van der Waals surface area contributed by atoms with Crippen molar-refractivity contribution in [2.45, 2.75) is 18.9 Å². The van der Waals surface area contributed by atoms with Crippen molar-refractivity contribution >= 4 is 12.1 Å². The highest BCUT2D eigenvalue weighted by atomic mass is 16.5. The lowest BCUT2D eigenvalue weighted by molar-refractivity contribution is 0.284. The number of aromatic nitrogens is 3. The van der Waals surface area contributed by atoms with Gasteiger partial charge in [0.2, 0.25) is 5.90 Å². The molecule has 8 nitrogen and oxygen atoms in total. The molecule has 0 amide bonds. The summed E-state index contributed by atoms with van der Waals surface area (Å²) in [4.78, 5) is 8.85. The lowest BCUT2D eigenvalue weighted by Crippen LogP contribution is -2.30. The second kappa shape index (κ2) is 8.08. The third-order valence-electron chi connectivity index (χ3n) is 4.68. The first-order valence-corrected chi connectivity index (χ1v) is 9.24. The van der Waals surface area contributed by atoms with Gasteiger partial charge in [-0.25, -0.2) is 0 Å². The largest absolute Gasteiger partial charge is 0.477 e. The SMILES string of the molecule is Cn1cc(CNC2=CC(OC[C@H]3C[C@@H]3c3ccccn3)=N/C(=C/C=N)N2)cn1. The molecule has 0 spiro atoms. The van der Waals surface area contributed by atoms with Gasteiger partial charge in [0, 0.05) is 61.4 Å². The molecule has 1 aliphatic heterocycles. The Morgan fingerprint density at radius 2 is 2.36 bits per heavy atom. The third-order valence-corrected chi connectivity index (χ3v) is 4.68. The Labute approximate surface area is 163 Å². The fourth-order valence-corrected chi connectivity index (χ4v) is 3.15. The van der Waals surface area contributed by atoms with Gasteiger partial charge in [-0.05, 0) is 24.6 Å². The van der Waals surface area contributed by atoms with E-state index in [1.807, 2.05) is 43.8 Å². The predicted molar refractivity (Wildman–Crippen MR) is 107 cm³/mol. The molecule has 2 atom stereocenters. The van der Waals surface area contributed by atoms with E-state index in [9.17, 15) is 0 Å². The van der Waals surface area contributed by atoms with Crippen LogP contribution in [0.2, 0.25) is 0 Å². The van der Waals surface area contributed by atoms with Crippen molar-refractivity contribution in [3.8, 4) is 0 Å². The summed E-state index contributed by atoms with van der Waals surface area (Å²) in [6.07, 6.45) is 11.3. The van der Waals surface area contributed by atoms with E-state index in [2.05, 4.69) is 31.8 Å². The number of allylic oxidation sites excluding steroid dienone is 1. The van der Waals surface area contributed by atoms with Crippen LogP contribution >= 0.6 is 0 Å². The van der Waals surface area contributed by atoms with E-state index in [1.54, 1.807) is 10.8 Å². The summed E-state index contributed by atoms with van der Waals surface area (Å²) in [5.74, 6) is 2.81. The first-order valence-electron chi connectivity index (χ1n) is 9.24. The molecule has 0 aromatic carbocycles. The topological polar surface area (TPSA) is 100 Å². The average molecular weight is 377 g/mol. The maximum Gasteiger partial charge on any atom is 0.218 e. The van der Waals surface area contributed by atoms with Crippen molar-refractivity contribution < 1.29 is 4.74 Å². The van der Waals surface area contributed by atoms with Crippen LogP contribution in [0.25, 0.3) is 0 Å². The predicted octanol–water partition coefficient (Wildman–Crippen LogP) is 2.06. The summed E-state index contributed by atoms with van der Waals surface area (Å²) in [7, 11) is 1.89. The van der Waals surface area contributed by atoms with Crippen LogP contribution in [0.3, 0.4) is 0 Å². The van der Waals surface area contributed by atoms with Crippen molar-refractivity contribution in [3.05, 3.63) is 71.8 Å². The number of hydrogen-bond acceptors (Lipinski definition) is 7. The molecular weight excluding hydrogens is 354 g/mol. The molecule has 1 fully saturated rings. The molecule has 2 aromatic rings. The molecule has 144 valence electrons. The Balaban J connectivity index is 1.36. The summed E-state index contributed by atoms with van der Waals surface area (Å²) in [6, 6.07) is 6.02. The van der Waals surface area contributed by atoms with Crippen molar-refractivity contribution in [3.63, 3.8) is 0 Å². The lowest BCUT2D eigenvalue weighted by atomic mass is 10.2. The van der Waals surface area contributed by atoms with Gasteiger partial charge in [0.05, 0.1) is 12.8 Å². The van der Waals surface area contributed by atoms with Crippen LogP contribution in [0.5, 0.6) is 0 Å². The lowest BCUT2D eigenvalue weighted by Gasteiger charge is -2.19. The molecule has 2 aliphatic rings. The summed E-state index contributed by atoms with van der Waals surface area (Å²) >= 11 is 0. The summed E-state index contributed by atoms with van der Waals surface area (Å²) in [6.45, 7) is 1.23. The van der Waals surface area contributed by atoms with E-state index < -0.39 is 0 Å². The Hall–Kier alpha value is -3.42. The van der Waals surface area contributed by atoms with Crippen LogP contribution in [-0.4, -0.2) is 33.5 Å². The zero-order valence-electron chi connectivity index (χ0n) is 15.7. The molecule has 3 N–H and O–H groups in total. The van der Waals surface area contributed by atoms with Crippen molar-refractivity contribution in [2.24, 2.45) is 18.0 Å². The fraction of sp³-hybridized carbons (Fsp3) is 0.300. The zero-order chi connectivity index (χ0) is 19.3. The number of aryl methyl sites for hydroxylation is 1. The molecule has 4 rings (SSSR count). The minimum absolute atomic E-state index is 0.461. The molecule has 3 heterocycles. The molecule has 1 saturated carbocycles. The number of rotatable bonds is 7. The summed E-state index contributed by atoms with van der Waals surface area (Å²) < 4.78 is 7.72. The number of pyridine rings is 1. The van der Waals surface area contributed by atoms with Crippen LogP contribution in [0.1, 0.15) is 23.6 Å². The number of nitrogens with zero attached hydrogens (tertiary/aromatic N) is 4. The van der Waals surface area contributed by atoms with Crippen LogP contribution in [-0.2, 0) is 18.3 Å². The van der Waals surface area contributed by atoms with E-state index in [-0.39, 0.29) is 0 Å². The molecular formula is C20H23N7O. The maximum atomic E-state index is 7.30. The molecule has 0 saturated heterocycles. The molecule has 0 radical (unpaired) electrons. The van der Waals surface area contributed by atoms with Gasteiger partial charge >= 0.3 is 0 Å². The molecule has 28 heavy (non-hydrogen) atoms. The van der Waals surface area contributed by atoms with Crippen molar-refractivity contribution in [1.29, 1.82) is 5.41 Å². The minimum Gasteiger partial charge on any atom is -0.477 e. The Morgan fingerprint density at radius 1 is 1.43 bits per heavy atom. The Morgan fingerprint density at radius 3 is 3.11 bits per heavy atom. The molecule has 0 bridgehead atoms. The zero-order valence-corrected chi connectivity index (χ0v) is 15.7. The highest BCUT2D eigenvalue weighted by Gasteiger charge is 2.40. The van der Waals surface area contributed by atoms with E-state index in [0.717, 1.165) is 23.5 Å². The van der Waals surface area contributed by atoms with E-state index in [0.29, 0.717) is 36.7 Å². The number of ether oxygens (including phenoxy) is 1. The fourth-order valence-electron chi connectivity index (χ4n) is 3.15. The Bertz CT molecular complexity index is 929. The van der Waals surface area contributed by atoms with E-state index in [1.165, 1.54) is 6.21 Å². The third kappa shape index (κ3) is 4.46. The molecule has 1 aliphatic carbocycles. The molecule has 8 heteroatoms. The van der Waals surface area contributed by atoms with Crippen LogP contribution in [0.4, 0.5) is 0 Å². The van der Waals surface area contributed by atoms with Gasteiger partial charge < -0.3 is 20.8 Å². The van der Waals surface area contributed by atoms with Gasteiger partial charge in [-0.15, -0.1) is 0 Å². The van der Waals surface area contributed by atoms with Crippen molar-refractivity contribution in [1.82, 2.24) is 25.4 Å².